The molecule has 2 unspecified atom stereocenters. The zero-order chi connectivity index (χ0) is 24.9. The molecule has 2 heterocycles. The second-order valence-corrected chi connectivity index (χ2v) is 9.80. The molecule has 1 aromatic heterocycles. The number of aryl methyl sites for hydroxylation is 1. The zero-order valence-electron chi connectivity index (χ0n) is 20.2. The van der Waals surface area contributed by atoms with Gasteiger partial charge in [-0.15, -0.1) is 0 Å². The van der Waals surface area contributed by atoms with Crippen molar-refractivity contribution in [3.8, 4) is 11.4 Å². The Labute approximate surface area is 216 Å². The van der Waals surface area contributed by atoms with Gasteiger partial charge >= 0.3 is 0 Å². The number of nitrogens with one attached hydrogen (secondary N) is 1. The van der Waals surface area contributed by atoms with Gasteiger partial charge in [0.05, 0.1) is 18.5 Å². The normalized spacial score (nSPS) is 17.0. The molecule has 0 saturated carbocycles. The number of rotatable bonds is 7. The first-order valence-corrected chi connectivity index (χ1v) is 12.7. The van der Waals surface area contributed by atoms with Gasteiger partial charge in [0.2, 0.25) is 17.6 Å². The molecule has 1 fully saturated rings. The number of amides is 1. The number of halogens is 1. The van der Waals surface area contributed by atoms with Crippen molar-refractivity contribution >= 4 is 17.5 Å². The first-order valence-electron chi connectivity index (χ1n) is 12.3. The monoisotopic (exact) mass is 500 g/mol. The number of aromatic nitrogens is 2. The molecule has 5 rings (SSSR count). The summed E-state index contributed by atoms with van der Waals surface area (Å²) in [6, 6.07) is 25.7. The van der Waals surface area contributed by atoms with Gasteiger partial charge in [-0.2, -0.15) is 4.98 Å². The summed E-state index contributed by atoms with van der Waals surface area (Å²) in [5, 5.41) is 8.07. The van der Waals surface area contributed by atoms with Gasteiger partial charge in [0.15, 0.2) is 0 Å². The minimum atomic E-state index is -0.190. The molecule has 3 aromatic carbocycles. The van der Waals surface area contributed by atoms with Gasteiger partial charge in [-0.1, -0.05) is 89.1 Å². The maximum atomic E-state index is 13.5. The third kappa shape index (κ3) is 5.83. The van der Waals surface area contributed by atoms with E-state index < -0.39 is 0 Å². The van der Waals surface area contributed by atoms with E-state index in [-0.39, 0.29) is 17.9 Å². The Morgan fingerprint density at radius 2 is 1.89 bits per heavy atom. The summed E-state index contributed by atoms with van der Waals surface area (Å²) >= 11 is 6.09. The van der Waals surface area contributed by atoms with Crippen LogP contribution in [0, 0.1) is 12.8 Å². The van der Waals surface area contributed by atoms with Gasteiger partial charge in [0, 0.05) is 17.1 Å². The molecule has 2 atom stereocenters. The van der Waals surface area contributed by atoms with Gasteiger partial charge in [-0.25, -0.2) is 0 Å². The van der Waals surface area contributed by atoms with Crippen molar-refractivity contribution in [2.75, 3.05) is 13.1 Å². The van der Waals surface area contributed by atoms with Crippen LogP contribution in [-0.2, 0) is 11.3 Å². The number of carbonyl (C=O) groups is 1. The molecule has 0 radical (unpaired) electrons. The van der Waals surface area contributed by atoms with E-state index in [1.807, 2.05) is 48.5 Å². The van der Waals surface area contributed by atoms with Crippen molar-refractivity contribution in [1.29, 1.82) is 0 Å². The Kier molecular flexibility index (Phi) is 7.44. The van der Waals surface area contributed by atoms with Crippen molar-refractivity contribution in [2.45, 2.75) is 32.4 Å². The topological polar surface area (TPSA) is 71.3 Å². The largest absolute Gasteiger partial charge is 0.345 e. The van der Waals surface area contributed by atoms with Crippen LogP contribution in [-0.4, -0.2) is 34.0 Å². The first kappa shape index (κ1) is 24.2. The van der Waals surface area contributed by atoms with Gasteiger partial charge in [0.25, 0.3) is 0 Å². The number of hydrogen-bond acceptors (Lipinski definition) is 5. The van der Waals surface area contributed by atoms with Crippen molar-refractivity contribution in [3.63, 3.8) is 0 Å². The molecule has 184 valence electrons. The second-order valence-electron chi connectivity index (χ2n) is 9.36. The lowest BCUT2D eigenvalue weighted by Gasteiger charge is -2.32. The fraction of sp³-hybridized carbons (Fsp3) is 0.276. The quantitative estimate of drug-likeness (QED) is 0.346. The SMILES string of the molecule is Cc1cccc(C(NC(=O)C2CCCN(Cc3nc(-c4cccc(Cl)c4)no3)C2)c2ccccc2)c1. The van der Waals surface area contributed by atoms with Crippen LogP contribution >= 0.6 is 11.6 Å². The smallest absolute Gasteiger partial charge is 0.241 e. The third-order valence-corrected chi connectivity index (χ3v) is 6.82. The molecule has 7 heteroatoms. The molecule has 0 spiro atoms. The van der Waals surface area contributed by atoms with Crippen molar-refractivity contribution in [1.82, 2.24) is 20.4 Å². The van der Waals surface area contributed by atoms with Gasteiger partial charge in [-0.05, 0) is 49.6 Å². The van der Waals surface area contributed by atoms with Gasteiger partial charge in [0.1, 0.15) is 0 Å². The van der Waals surface area contributed by atoms with E-state index in [1.165, 1.54) is 5.56 Å². The molecule has 1 aliphatic rings. The van der Waals surface area contributed by atoms with Crippen molar-refractivity contribution < 1.29 is 9.32 Å². The summed E-state index contributed by atoms with van der Waals surface area (Å²) in [5.74, 6) is 1.01. The van der Waals surface area contributed by atoms with E-state index in [1.54, 1.807) is 0 Å². The third-order valence-electron chi connectivity index (χ3n) is 6.58. The number of piperidine rings is 1. The summed E-state index contributed by atoms with van der Waals surface area (Å²) in [6.45, 7) is 4.12. The summed E-state index contributed by atoms with van der Waals surface area (Å²) in [5.41, 5.74) is 4.14. The van der Waals surface area contributed by atoms with E-state index in [2.05, 4.69) is 57.6 Å². The number of nitrogens with zero attached hydrogens (tertiary/aromatic N) is 3. The Bertz CT molecular complexity index is 1320. The Hall–Kier alpha value is -3.48. The zero-order valence-corrected chi connectivity index (χ0v) is 21.0. The average Bonchev–Trinajstić information content (AvgIpc) is 3.36. The standard InChI is InChI=1S/C29H29ClN4O2/c1-20-8-5-11-22(16-20)27(21-9-3-2-4-10-21)32-29(35)24-13-7-15-34(18-24)19-26-31-28(33-36-26)23-12-6-14-25(30)17-23/h2-6,8-12,14,16-17,24,27H,7,13,15,18-19H2,1H3,(H,32,35). The molecular formula is C29H29ClN4O2. The lowest BCUT2D eigenvalue weighted by Crippen LogP contribution is -2.43. The van der Waals surface area contributed by atoms with Crippen LogP contribution in [0.25, 0.3) is 11.4 Å². The average molecular weight is 501 g/mol. The van der Waals surface area contributed by atoms with Crippen molar-refractivity contribution in [2.24, 2.45) is 5.92 Å². The fourth-order valence-corrected chi connectivity index (χ4v) is 4.97. The molecule has 36 heavy (non-hydrogen) atoms. The Balaban J connectivity index is 1.26. The maximum Gasteiger partial charge on any atom is 0.241 e. The predicted molar refractivity (Wildman–Crippen MR) is 140 cm³/mol. The Morgan fingerprint density at radius 1 is 1.08 bits per heavy atom. The Morgan fingerprint density at radius 3 is 2.69 bits per heavy atom. The highest BCUT2D eigenvalue weighted by Gasteiger charge is 2.29. The molecule has 6 nitrogen and oxygen atoms in total. The molecule has 4 aromatic rings. The summed E-state index contributed by atoms with van der Waals surface area (Å²) < 4.78 is 5.50. The predicted octanol–water partition coefficient (Wildman–Crippen LogP) is 5.82. The molecule has 0 bridgehead atoms. The lowest BCUT2D eigenvalue weighted by molar-refractivity contribution is -0.127. The molecule has 1 amide bonds. The van der Waals surface area contributed by atoms with E-state index in [0.29, 0.717) is 29.8 Å². The lowest BCUT2D eigenvalue weighted by atomic mass is 9.93. The fourth-order valence-electron chi connectivity index (χ4n) is 4.78. The van der Waals surface area contributed by atoms with Crippen LogP contribution in [0.1, 0.15) is 41.5 Å². The maximum absolute atomic E-state index is 13.5. The minimum absolute atomic E-state index is 0.0696. The number of carbonyl (C=O) groups excluding carboxylic acids is 1. The summed E-state index contributed by atoms with van der Waals surface area (Å²) in [7, 11) is 0. The van der Waals surface area contributed by atoms with E-state index in [0.717, 1.165) is 36.1 Å². The van der Waals surface area contributed by atoms with Gasteiger partial charge < -0.3 is 9.84 Å². The van der Waals surface area contributed by atoms with Crippen LogP contribution in [0.2, 0.25) is 5.02 Å². The highest BCUT2D eigenvalue weighted by molar-refractivity contribution is 6.30. The van der Waals surface area contributed by atoms with Crippen LogP contribution in [0.3, 0.4) is 0 Å². The van der Waals surface area contributed by atoms with Gasteiger partial charge in [-0.3, -0.25) is 9.69 Å². The van der Waals surface area contributed by atoms with E-state index >= 15 is 0 Å². The highest BCUT2D eigenvalue weighted by Crippen LogP contribution is 2.26. The molecule has 1 saturated heterocycles. The van der Waals surface area contributed by atoms with Crippen LogP contribution in [0.4, 0.5) is 0 Å². The summed E-state index contributed by atoms with van der Waals surface area (Å²) in [6.07, 6.45) is 1.79. The molecular weight excluding hydrogens is 472 g/mol. The summed E-state index contributed by atoms with van der Waals surface area (Å²) in [4.78, 5) is 20.2. The van der Waals surface area contributed by atoms with E-state index in [4.69, 9.17) is 16.1 Å². The highest BCUT2D eigenvalue weighted by atomic mass is 35.5. The van der Waals surface area contributed by atoms with E-state index in [9.17, 15) is 4.79 Å². The second kappa shape index (κ2) is 11.1. The minimum Gasteiger partial charge on any atom is -0.345 e. The first-order chi connectivity index (χ1) is 17.5. The number of likely N-dealkylation sites (tertiary alicyclic amines) is 1. The number of hydrogen-bond donors (Lipinski definition) is 1. The van der Waals surface area contributed by atoms with Crippen LogP contribution in [0.5, 0.6) is 0 Å². The van der Waals surface area contributed by atoms with Crippen LogP contribution < -0.4 is 5.32 Å². The number of benzene rings is 3. The molecule has 0 aliphatic carbocycles. The van der Waals surface area contributed by atoms with Crippen molar-refractivity contribution in [3.05, 3.63) is 106 Å². The molecule has 1 N–H and O–H groups in total. The van der Waals surface area contributed by atoms with Crippen LogP contribution in [0.15, 0.2) is 83.4 Å². The molecule has 1 aliphatic heterocycles.